The lowest BCUT2D eigenvalue weighted by Gasteiger charge is -2.38. The molecule has 17 heavy (non-hydrogen) atoms. The monoisotopic (exact) mass is 234 g/mol. The summed E-state index contributed by atoms with van der Waals surface area (Å²) >= 11 is 0. The molecule has 0 aromatic heterocycles. The molecule has 1 saturated heterocycles. The second-order valence-electron chi connectivity index (χ2n) is 4.69. The zero-order chi connectivity index (χ0) is 12.3. The fourth-order valence-electron chi connectivity index (χ4n) is 2.26. The van der Waals surface area contributed by atoms with Crippen LogP contribution in [0.5, 0.6) is 5.75 Å². The van der Waals surface area contributed by atoms with Crippen LogP contribution in [0.15, 0.2) is 24.3 Å². The Labute approximate surface area is 102 Å². The highest BCUT2D eigenvalue weighted by molar-refractivity contribution is 5.74. The van der Waals surface area contributed by atoms with Crippen LogP contribution in [0.4, 0.5) is 0 Å². The normalized spacial score (nSPS) is 16.5. The predicted molar refractivity (Wildman–Crippen MR) is 67.5 cm³/mol. The first-order valence-corrected chi connectivity index (χ1v) is 5.89. The second kappa shape index (κ2) is 5.19. The Hall–Kier alpha value is -1.55. The predicted octanol–water partition coefficient (Wildman–Crippen LogP) is -0.367. The Kier molecular flexibility index (Phi) is 3.64. The molecule has 4 nitrogen and oxygen atoms in total. The Morgan fingerprint density at radius 2 is 2.06 bits per heavy atom. The van der Waals surface area contributed by atoms with E-state index in [9.17, 15) is 0 Å². The number of amidine groups is 1. The fraction of sp³-hybridized carbons (Fsp3) is 0.462. The smallest absolute Gasteiger partial charge is 0.238 e. The van der Waals surface area contributed by atoms with Gasteiger partial charge < -0.3 is 4.74 Å². The van der Waals surface area contributed by atoms with E-state index in [1.54, 1.807) is 7.11 Å². The summed E-state index contributed by atoms with van der Waals surface area (Å²) in [5.41, 5.74) is 6.81. The molecule has 1 fully saturated rings. The summed E-state index contributed by atoms with van der Waals surface area (Å²) in [5, 5.41) is 5.49. The quantitative estimate of drug-likeness (QED) is 0.540. The van der Waals surface area contributed by atoms with Crippen LogP contribution in [0.1, 0.15) is 12.0 Å². The van der Waals surface area contributed by atoms with Gasteiger partial charge in [0.25, 0.3) is 0 Å². The highest BCUT2D eigenvalue weighted by Crippen LogP contribution is 2.21. The van der Waals surface area contributed by atoms with Crippen molar-refractivity contribution in [3.05, 3.63) is 29.8 Å². The average Bonchev–Trinajstić information content (AvgIpc) is 2.26. The van der Waals surface area contributed by atoms with Crippen molar-refractivity contribution in [2.45, 2.75) is 13.0 Å². The number of nitrogens with two attached hydrogens (primary N) is 2. The molecule has 1 aromatic carbocycles. The molecule has 0 aliphatic carbocycles. The zero-order valence-corrected chi connectivity index (χ0v) is 10.2. The molecule has 1 heterocycles. The Balaban J connectivity index is 1.77. The first-order valence-electron chi connectivity index (χ1n) is 5.89. The minimum Gasteiger partial charge on any atom is -0.497 e. The van der Waals surface area contributed by atoms with Gasteiger partial charge in [0.05, 0.1) is 13.5 Å². The molecule has 0 radical (unpaired) electrons. The molecule has 0 amide bonds. The summed E-state index contributed by atoms with van der Waals surface area (Å²) in [6.45, 7) is 3.17. The van der Waals surface area contributed by atoms with Gasteiger partial charge >= 0.3 is 0 Å². The maximum Gasteiger partial charge on any atom is 0.238 e. The van der Waals surface area contributed by atoms with E-state index in [2.05, 4.69) is 17.0 Å². The van der Waals surface area contributed by atoms with Crippen LogP contribution in [0, 0.1) is 5.92 Å². The van der Waals surface area contributed by atoms with Gasteiger partial charge in [-0.1, -0.05) is 12.1 Å². The van der Waals surface area contributed by atoms with Crippen LogP contribution in [0.2, 0.25) is 0 Å². The maximum atomic E-state index is 5.49. The standard InChI is InChI=1S/C13H19N3O/c1-17-12-4-2-10(3-5-12)7-16-8-11(9-16)6-13(14)15/h2-5,11H,6-9H2,1H3,(H3,14,15)/p+1. The van der Waals surface area contributed by atoms with Gasteiger partial charge in [0.1, 0.15) is 5.75 Å². The molecule has 2 rings (SSSR count). The van der Waals surface area contributed by atoms with Gasteiger partial charge in [-0.2, -0.15) is 0 Å². The molecule has 1 aromatic rings. The van der Waals surface area contributed by atoms with E-state index in [0.29, 0.717) is 11.8 Å². The van der Waals surface area contributed by atoms with Crippen molar-refractivity contribution in [1.82, 2.24) is 4.90 Å². The van der Waals surface area contributed by atoms with E-state index in [4.69, 9.17) is 15.9 Å². The van der Waals surface area contributed by atoms with E-state index in [0.717, 1.165) is 31.8 Å². The van der Waals surface area contributed by atoms with Gasteiger partial charge in [0, 0.05) is 19.6 Å². The number of benzene rings is 1. The van der Waals surface area contributed by atoms with Gasteiger partial charge in [-0.05, 0) is 23.6 Å². The summed E-state index contributed by atoms with van der Waals surface area (Å²) in [6, 6.07) is 8.21. The minimum atomic E-state index is 0.555. The number of likely N-dealkylation sites (tertiary alicyclic amines) is 1. The van der Waals surface area contributed by atoms with Crippen LogP contribution in [-0.2, 0) is 6.54 Å². The van der Waals surface area contributed by atoms with Gasteiger partial charge in [-0.25, -0.2) is 0 Å². The molecule has 0 saturated carbocycles. The molecule has 1 aliphatic heterocycles. The van der Waals surface area contributed by atoms with Crippen LogP contribution in [0.25, 0.3) is 0 Å². The molecule has 0 spiro atoms. The summed E-state index contributed by atoms with van der Waals surface area (Å²) < 4.78 is 5.13. The van der Waals surface area contributed by atoms with Crippen LogP contribution >= 0.6 is 0 Å². The van der Waals surface area contributed by atoms with Crippen LogP contribution < -0.4 is 15.9 Å². The topological polar surface area (TPSA) is 64.1 Å². The molecular formula is C13H20N3O+. The molecule has 0 unspecified atom stereocenters. The lowest BCUT2D eigenvalue weighted by Crippen LogP contribution is -2.52. The van der Waals surface area contributed by atoms with E-state index in [-0.39, 0.29) is 0 Å². The Morgan fingerprint density at radius 1 is 1.41 bits per heavy atom. The molecular weight excluding hydrogens is 214 g/mol. The number of hydrogen-bond donors (Lipinski definition) is 2. The Morgan fingerprint density at radius 3 is 2.59 bits per heavy atom. The minimum absolute atomic E-state index is 0.555. The van der Waals surface area contributed by atoms with Crippen molar-refractivity contribution in [2.24, 2.45) is 11.7 Å². The number of rotatable bonds is 5. The van der Waals surface area contributed by atoms with Gasteiger partial charge in [0.15, 0.2) is 0 Å². The van der Waals surface area contributed by atoms with Gasteiger partial charge in [-0.15, -0.1) is 0 Å². The van der Waals surface area contributed by atoms with Crippen molar-refractivity contribution >= 4 is 5.84 Å². The Bertz CT molecular complexity index is 382. The zero-order valence-electron chi connectivity index (χ0n) is 10.2. The van der Waals surface area contributed by atoms with E-state index in [1.807, 2.05) is 12.1 Å². The average molecular weight is 234 g/mol. The first-order chi connectivity index (χ1) is 8.17. The summed E-state index contributed by atoms with van der Waals surface area (Å²) in [4.78, 5) is 2.40. The van der Waals surface area contributed by atoms with Crippen molar-refractivity contribution in [1.29, 1.82) is 0 Å². The third-order valence-corrected chi connectivity index (χ3v) is 3.12. The van der Waals surface area contributed by atoms with E-state index in [1.165, 1.54) is 5.56 Å². The molecule has 0 atom stereocenters. The van der Waals surface area contributed by atoms with Crippen molar-refractivity contribution in [2.75, 3.05) is 20.2 Å². The second-order valence-corrected chi connectivity index (χ2v) is 4.69. The van der Waals surface area contributed by atoms with Crippen molar-refractivity contribution in [3.8, 4) is 5.75 Å². The van der Waals surface area contributed by atoms with Crippen LogP contribution in [0.3, 0.4) is 0 Å². The van der Waals surface area contributed by atoms with Crippen LogP contribution in [-0.4, -0.2) is 30.9 Å². The number of nitrogens with zero attached hydrogens (tertiary/aromatic N) is 1. The molecule has 4 N–H and O–H groups in total. The third kappa shape index (κ3) is 3.20. The number of methoxy groups -OCH3 is 1. The summed E-state index contributed by atoms with van der Waals surface area (Å²) in [6.07, 6.45) is 0.846. The van der Waals surface area contributed by atoms with Gasteiger partial charge in [-0.3, -0.25) is 16.0 Å². The molecule has 1 aliphatic rings. The summed E-state index contributed by atoms with van der Waals surface area (Å²) in [7, 11) is 1.68. The van der Waals surface area contributed by atoms with E-state index >= 15 is 0 Å². The summed E-state index contributed by atoms with van der Waals surface area (Å²) in [5.74, 6) is 2.10. The lowest BCUT2D eigenvalue weighted by atomic mass is 9.95. The van der Waals surface area contributed by atoms with Crippen molar-refractivity contribution < 1.29 is 10.1 Å². The first kappa shape index (κ1) is 11.9. The third-order valence-electron chi connectivity index (χ3n) is 3.12. The SMILES string of the molecule is COc1ccc(CN2CC(CC(N)=[NH2+])C2)cc1. The van der Waals surface area contributed by atoms with Gasteiger partial charge in [0.2, 0.25) is 5.84 Å². The van der Waals surface area contributed by atoms with E-state index < -0.39 is 0 Å². The molecule has 4 heteroatoms. The largest absolute Gasteiger partial charge is 0.497 e. The molecule has 0 bridgehead atoms. The fourth-order valence-corrected chi connectivity index (χ4v) is 2.26. The maximum absolute atomic E-state index is 5.49. The number of hydrogen-bond acceptors (Lipinski definition) is 2. The highest BCUT2D eigenvalue weighted by Gasteiger charge is 2.27. The molecule has 92 valence electrons. The number of ether oxygens (including phenoxy) is 1. The highest BCUT2D eigenvalue weighted by atomic mass is 16.5. The van der Waals surface area contributed by atoms with Crippen molar-refractivity contribution in [3.63, 3.8) is 0 Å². The lowest BCUT2D eigenvalue weighted by molar-refractivity contribution is -0.120.